The van der Waals surface area contributed by atoms with Crippen LogP contribution in [0.2, 0.25) is 5.02 Å². The van der Waals surface area contributed by atoms with Gasteiger partial charge >= 0.3 is 12.1 Å². The first-order chi connectivity index (χ1) is 10.3. The fourth-order valence-corrected chi connectivity index (χ4v) is 2.09. The van der Waals surface area contributed by atoms with Crippen LogP contribution in [0.4, 0.5) is 13.2 Å². The van der Waals surface area contributed by atoms with Crippen LogP contribution < -0.4 is 0 Å². The molecule has 0 aliphatic heterocycles. The van der Waals surface area contributed by atoms with Gasteiger partial charge in [-0.3, -0.25) is 0 Å². The van der Waals surface area contributed by atoms with Gasteiger partial charge in [0.05, 0.1) is 17.2 Å². The number of nitrogens with zero attached hydrogens (tertiary/aromatic N) is 1. The van der Waals surface area contributed by atoms with Crippen LogP contribution in [-0.4, -0.2) is 17.7 Å². The average Bonchev–Trinajstić information content (AvgIpc) is 2.80. The number of esters is 1. The van der Waals surface area contributed by atoms with Gasteiger partial charge in [-0.2, -0.15) is 13.2 Å². The molecule has 22 heavy (non-hydrogen) atoms. The smallest absolute Gasteiger partial charge is 0.416 e. The van der Waals surface area contributed by atoms with E-state index in [2.05, 4.69) is 5.16 Å². The van der Waals surface area contributed by atoms with Gasteiger partial charge < -0.3 is 9.26 Å². The number of ether oxygens (including phenoxy) is 1. The standard InChI is InChI=1S/C14H11ClF3NO3/c1-3-21-13(20)11-7(2)22-19-12(11)9-6-8(14(16,17)18)4-5-10(9)15/h4-6H,3H2,1-2H3. The molecule has 0 saturated heterocycles. The molecule has 118 valence electrons. The van der Waals surface area contributed by atoms with E-state index in [0.717, 1.165) is 18.2 Å². The minimum Gasteiger partial charge on any atom is -0.462 e. The van der Waals surface area contributed by atoms with Gasteiger partial charge in [0.1, 0.15) is 17.0 Å². The fraction of sp³-hybridized carbons (Fsp3) is 0.286. The summed E-state index contributed by atoms with van der Waals surface area (Å²) in [5.41, 5.74) is -1.06. The van der Waals surface area contributed by atoms with Crippen molar-refractivity contribution in [2.24, 2.45) is 0 Å². The molecule has 1 aromatic carbocycles. The molecule has 4 nitrogen and oxygen atoms in total. The van der Waals surface area contributed by atoms with Gasteiger partial charge in [0.25, 0.3) is 0 Å². The number of halogens is 4. The maximum absolute atomic E-state index is 12.8. The summed E-state index contributed by atoms with van der Waals surface area (Å²) in [5.74, 6) is -0.591. The van der Waals surface area contributed by atoms with Gasteiger partial charge in [0.2, 0.25) is 0 Å². The van der Waals surface area contributed by atoms with E-state index in [4.69, 9.17) is 20.9 Å². The van der Waals surface area contributed by atoms with Gasteiger partial charge in [-0.05, 0) is 32.0 Å². The highest BCUT2D eigenvalue weighted by molar-refractivity contribution is 6.33. The summed E-state index contributed by atoms with van der Waals surface area (Å²) in [4.78, 5) is 11.9. The van der Waals surface area contributed by atoms with Crippen molar-refractivity contribution in [1.82, 2.24) is 5.16 Å². The Morgan fingerprint density at radius 2 is 2.09 bits per heavy atom. The fourth-order valence-electron chi connectivity index (χ4n) is 1.88. The Bertz CT molecular complexity index is 710. The van der Waals surface area contributed by atoms with E-state index in [1.165, 1.54) is 6.92 Å². The summed E-state index contributed by atoms with van der Waals surface area (Å²) in [6.45, 7) is 3.18. The zero-order chi connectivity index (χ0) is 16.5. The maximum Gasteiger partial charge on any atom is 0.416 e. The molecule has 0 fully saturated rings. The third-order valence-corrected chi connectivity index (χ3v) is 3.22. The summed E-state index contributed by atoms with van der Waals surface area (Å²) in [6.07, 6.45) is -4.54. The lowest BCUT2D eigenvalue weighted by molar-refractivity contribution is -0.137. The number of aryl methyl sites for hydroxylation is 1. The quantitative estimate of drug-likeness (QED) is 0.776. The van der Waals surface area contributed by atoms with Crippen molar-refractivity contribution in [2.45, 2.75) is 20.0 Å². The van der Waals surface area contributed by atoms with E-state index in [9.17, 15) is 18.0 Å². The molecule has 2 aromatic rings. The molecule has 0 aliphatic carbocycles. The lowest BCUT2D eigenvalue weighted by atomic mass is 10.0. The highest BCUT2D eigenvalue weighted by Gasteiger charge is 2.32. The van der Waals surface area contributed by atoms with Gasteiger partial charge in [-0.1, -0.05) is 16.8 Å². The minimum atomic E-state index is -4.54. The predicted octanol–water partition coefficient (Wildman–Crippen LogP) is 4.50. The Morgan fingerprint density at radius 1 is 1.41 bits per heavy atom. The van der Waals surface area contributed by atoms with Crippen LogP contribution in [0.1, 0.15) is 28.6 Å². The van der Waals surface area contributed by atoms with Crippen molar-refractivity contribution in [1.29, 1.82) is 0 Å². The number of hydrogen-bond acceptors (Lipinski definition) is 4. The maximum atomic E-state index is 12.8. The highest BCUT2D eigenvalue weighted by Crippen LogP contribution is 2.37. The molecule has 1 heterocycles. The van der Waals surface area contributed by atoms with Crippen LogP contribution in [0.3, 0.4) is 0 Å². The SMILES string of the molecule is CCOC(=O)c1c(-c2cc(C(F)(F)F)ccc2Cl)noc1C. The van der Waals surface area contributed by atoms with Crippen molar-refractivity contribution in [2.75, 3.05) is 6.61 Å². The molecule has 0 radical (unpaired) electrons. The van der Waals surface area contributed by atoms with E-state index in [0.29, 0.717) is 0 Å². The third-order valence-electron chi connectivity index (χ3n) is 2.89. The summed E-state index contributed by atoms with van der Waals surface area (Å²) in [6, 6.07) is 2.77. The molecule has 0 bridgehead atoms. The highest BCUT2D eigenvalue weighted by atomic mass is 35.5. The van der Waals surface area contributed by atoms with Crippen LogP contribution in [0.15, 0.2) is 22.7 Å². The minimum absolute atomic E-state index is 0.0202. The van der Waals surface area contributed by atoms with Gasteiger partial charge in [-0.15, -0.1) is 0 Å². The van der Waals surface area contributed by atoms with Crippen LogP contribution in [0, 0.1) is 6.92 Å². The first-order valence-corrected chi connectivity index (χ1v) is 6.64. The van der Waals surface area contributed by atoms with Crippen molar-refractivity contribution >= 4 is 17.6 Å². The van der Waals surface area contributed by atoms with E-state index in [1.807, 2.05) is 0 Å². The second kappa shape index (κ2) is 6.00. The zero-order valence-corrected chi connectivity index (χ0v) is 12.4. The Morgan fingerprint density at radius 3 is 2.68 bits per heavy atom. The van der Waals surface area contributed by atoms with Gasteiger partial charge in [0.15, 0.2) is 0 Å². The van der Waals surface area contributed by atoms with E-state index >= 15 is 0 Å². The molecule has 0 amide bonds. The zero-order valence-electron chi connectivity index (χ0n) is 11.6. The van der Waals surface area contributed by atoms with Crippen LogP contribution in [0.5, 0.6) is 0 Å². The average molecular weight is 334 g/mol. The second-order valence-electron chi connectivity index (χ2n) is 4.38. The number of hydrogen-bond donors (Lipinski definition) is 0. The lowest BCUT2D eigenvalue weighted by Gasteiger charge is -2.10. The second-order valence-corrected chi connectivity index (χ2v) is 4.78. The number of alkyl halides is 3. The first kappa shape index (κ1) is 16.4. The Kier molecular flexibility index (Phi) is 4.46. The lowest BCUT2D eigenvalue weighted by Crippen LogP contribution is -2.08. The van der Waals surface area contributed by atoms with E-state index in [1.54, 1.807) is 6.92 Å². The molecular formula is C14H11ClF3NO3. The molecule has 8 heteroatoms. The Labute approximate surface area is 128 Å². The van der Waals surface area contributed by atoms with Crippen molar-refractivity contribution in [3.63, 3.8) is 0 Å². The van der Waals surface area contributed by atoms with Crippen molar-refractivity contribution in [3.05, 3.63) is 40.1 Å². The molecule has 0 saturated carbocycles. The van der Waals surface area contributed by atoms with Crippen LogP contribution >= 0.6 is 11.6 Å². The summed E-state index contributed by atoms with van der Waals surface area (Å²) >= 11 is 5.94. The summed E-state index contributed by atoms with van der Waals surface area (Å²) in [7, 11) is 0. The largest absolute Gasteiger partial charge is 0.462 e. The van der Waals surface area contributed by atoms with Gasteiger partial charge in [0, 0.05) is 5.56 Å². The van der Waals surface area contributed by atoms with Crippen LogP contribution in [0.25, 0.3) is 11.3 Å². The van der Waals surface area contributed by atoms with Crippen LogP contribution in [-0.2, 0) is 10.9 Å². The Hall–Kier alpha value is -2.02. The monoisotopic (exact) mass is 333 g/mol. The van der Waals surface area contributed by atoms with E-state index in [-0.39, 0.29) is 34.2 Å². The molecule has 0 aliphatic rings. The van der Waals surface area contributed by atoms with Gasteiger partial charge in [-0.25, -0.2) is 4.79 Å². The number of carbonyl (C=O) groups excluding carboxylic acids is 1. The molecule has 0 atom stereocenters. The van der Waals surface area contributed by atoms with Crippen molar-refractivity contribution < 1.29 is 27.2 Å². The molecule has 0 N–H and O–H groups in total. The summed E-state index contributed by atoms with van der Waals surface area (Å²) in [5, 5.41) is 3.67. The predicted molar refractivity (Wildman–Crippen MR) is 72.6 cm³/mol. The molecule has 2 rings (SSSR count). The topological polar surface area (TPSA) is 52.3 Å². The normalized spacial score (nSPS) is 11.5. The van der Waals surface area contributed by atoms with E-state index < -0.39 is 17.7 Å². The molecule has 0 spiro atoms. The Balaban J connectivity index is 2.60. The molecular weight excluding hydrogens is 323 g/mol. The molecule has 1 aromatic heterocycles. The third kappa shape index (κ3) is 3.09. The van der Waals surface area contributed by atoms with Crippen molar-refractivity contribution in [3.8, 4) is 11.3 Å². The number of benzene rings is 1. The number of rotatable bonds is 3. The summed E-state index contributed by atoms with van der Waals surface area (Å²) < 4.78 is 48.2. The number of carbonyl (C=O) groups is 1. The number of aromatic nitrogens is 1. The molecule has 0 unspecified atom stereocenters. The first-order valence-electron chi connectivity index (χ1n) is 6.26.